The molecule has 2 rings (SSSR count). The van der Waals surface area contributed by atoms with Crippen LogP contribution in [0.3, 0.4) is 0 Å². The van der Waals surface area contributed by atoms with Crippen LogP contribution in [0, 0.1) is 5.92 Å². The molecular weight excluding hydrogens is 400 g/mol. The van der Waals surface area contributed by atoms with Crippen LogP contribution in [-0.2, 0) is 20.8 Å². The summed E-state index contributed by atoms with van der Waals surface area (Å²) in [7, 11) is 0. The van der Waals surface area contributed by atoms with Gasteiger partial charge in [0.1, 0.15) is 18.3 Å². The van der Waals surface area contributed by atoms with Crippen molar-refractivity contribution in [1.82, 2.24) is 20.0 Å². The summed E-state index contributed by atoms with van der Waals surface area (Å²) < 4.78 is 11.4. The third kappa shape index (κ3) is 9.49. The fourth-order valence-electron chi connectivity index (χ4n) is 3.31. The van der Waals surface area contributed by atoms with Crippen molar-refractivity contribution in [3.63, 3.8) is 0 Å². The third-order valence-electron chi connectivity index (χ3n) is 5.32. The predicted octanol–water partition coefficient (Wildman–Crippen LogP) is 0.800. The van der Waals surface area contributed by atoms with Crippen LogP contribution in [0.2, 0.25) is 0 Å². The zero-order valence-electron chi connectivity index (χ0n) is 18.9. The van der Waals surface area contributed by atoms with E-state index in [1.165, 1.54) is 6.92 Å². The minimum atomic E-state index is -1.15. The molecule has 0 spiro atoms. The SMILES string of the molecule is CC(=O)N1CCN(Cc2ccn[nH]2)CC=CCOC[C@H](O)[C@H](O)[C@@H](OCCC(C)C)C1. The molecule has 2 heterocycles. The van der Waals surface area contributed by atoms with E-state index in [9.17, 15) is 15.0 Å². The van der Waals surface area contributed by atoms with Crippen LogP contribution in [0.4, 0.5) is 0 Å². The van der Waals surface area contributed by atoms with Gasteiger partial charge in [-0.15, -0.1) is 0 Å². The van der Waals surface area contributed by atoms with Gasteiger partial charge >= 0.3 is 0 Å². The molecule has 0 unspecified atom stereocenters. The van der Waals surface area contributed by atoms with Crippen molar-refractivity contribution in [1.29, 1.82) is 0 Å². The van der Waals surface area contributed by atoms with Crippen molar-refractivity contribution in [2.24, 2.45) is 5.92 Å². The molecule has 1 aliphatic rings. The Balaban J connectivity index is 2.12. The highest BCUT2D eigenvalue weighted by Crippen LogP contribution is 2.12. The Morgan fingerprint density at radius 2 is 2.16 bits per heavy atom. The first-order valence-electron chi connectivity index (χ1n) is 11.0. The largest absolute Gasteiger partial charge is 0.388 e. The molecule has 9 heteroatoms. The Hall–Kier alpha value is -1.78. The first-order chi connectivity index (χ1) is 14.9. The molecule has 9 nitrogen and oxygen atoms in total. The number of aromatic nitrogens is 2. The van der Waals surface area contributed by atoms with Crippen LogP contribution in [0.1, 0.15) is 32.9 Å². The minimum Gasteiger partial charge on any atom is -0.388 e. The highest BCUT2D eigenvalue weighted by atomic mass is 16.5. The standard InChI is InChI=1S/C22H38N4O5/c1-17(2)7-13-31-21-15-26(18(3)27)11-10-25(14-19-6-8-23-24-19)9-4-5-12-30-16-20(28)22(21)29/h4-6,8,17,20-22,28-29H,7,9-16H2,1-3H3,(H,23,24)/t20-,21-,22-/m0/s1. The second-order valence-electron chi connectivity index (χ2n) is 8.44. The van der Waals surface area contributed by atoms with Crippen molar-refractivity contribution < 1.29 is 24.5 Å². The van der Waals surface area contributed by atoms with Crippen LogP contribution < -0.4 is 0 Å². The molecule has 3 atom stereocenters. The Labute approximate surface area is 185 Å². The average molecular weight is 439 g/mol. The first kappa shape index (κ1) is 25.5. The van der Waals surface area contributed by atoms with E-state index in [2.05, 4.69) is 28.9 Å². The number of amides is 1. The van der Waals surface area contributed by atoms with Gasteiger partial charge in [0.25, 0.3) is 0 Å². The highest BCUT2D eigenvalue weighted by molar-refractivity contribution is 5.73. The summed E-state index contributed by atoms with van der Waals surface area (Å²) in [4.78, 5) is 16.2. The lowest BCUT2D eigenvalue weighted by atomic mass is 10.1. The molecule has 3 N–H and O–H groups in total. The van der Waals surface area contributed by atoms with Crippen molar-refractivity contribution in [3.8, 4) is 0 Å². The smallest absolute Gasteiger partial charge is 0.219 e. The van der Waals surface area contributed by atoms with Gasteiger partial charge in [0.15, 0.2) is 0 Å². The number of aromatic amines is 1. The number of carbonyl (C=O) groups excluding carboxylic acids is 1. The second kappa shape index (κ2) is 13.6. The molecule has 1 aliphatic heterocycles. The number of nitrogens with zero attached hydrogens (tertiary/aromatic N) is 3. The van der Waals surface area contributed by atoms with Crippen LogP contribution in [0.15, 0.2) is 24.4 Å². The van der Waals surface area contributed by atoms with Gasteiger partial charge in [-0.2, -0.15) is 5.10 Å². The normalized spacial score (nSPS) is 25.0. The van der Waals surface area contributed by atoms with Gasteiger partial charge in [-0.1, -0.05) is 26.0 Å². The highest BCUT2D eigenvalue weighted by Gasteiger charge is 2.30. The topological polar surface area (TPSA) is 111 Å². The van der Waals surface area contributed by atoms with Crippen LogP contribution in [-0.4, -0.2) is 100 Å². The van der Waals surface area contributed by atoms with Crippen molar-refractivity contribution in [2.75, 3.05) is 46.0 Å². The third-order valence-corrected chi connectivity index (χ3v) is 5.32. The Morgan fingerprint density at radius 1 is 1.35 bits per heavy atom. The lowest BCUT2D eigenvalue weighted by molar-refractivity contribution is -0.139. The van der Waals surface area contributed by atoms with Crippen molar-refractivity contribution >= 4 is 5.91 Å². The zero-order valence-corrected chi connectivity index (χ0v) is 18.9. The van der Waals surface area contributed by atoms with E-state index >= 15 is 0 Å². The number of hydrogen-bond donors (Lipinski definition) is 3. The Bertz CT molecular complexity index is 652. The summed E-state index contributed by atoms with van der Waals surface area (Å²) in [5.74, 6) is 0.357. The van der Waals surface area contributed by atoms with Crippen LogP contribution in [0.25, 0.3) is 0 Å². The molecule has 0 fully saturated rings. The van der Waals surface area contributed by atoms with E-state index in [4.69, 9.17) is 9.47 Å². The molecule has 176 valence electrons. The number of H-pyrrole nitrogens is 1. The van der Waals surface area contributed by atoms with Gasteiger partial charge in [0.05, 0.1) is 13.2 Å². The van der Waals surface area contributed by atoms with Gasteiger partial charge in [-0.3, -0.25) is 14.8 Å². The number of nitrogens with one attached hydrogen (secondary N) is 1. The maximum absolute atomic E-state index is 12.3. The lowest BCUT2D eigenvalue weighted by Crippen LogP contribution is -2.50. The van der Waals surface area contributed by atoms with Crippen LogP contribution >= 0.6 is 0 Å². The minimum absolute atomic E-state index is 0.00647. The van der Waals surface area contributed by atoms with E-state index in [1.54, 1.807) is 11.1 Å². The molecule has 1 aromatic heterocycles. The average Bonchev–Trinajstić information content (AvgIpc) is 3.23. The maximum Gasteiger partial charge on any atom is 0.219 e. The number of rotatable bonds is 6. The van der Waals surface area contributed by atoms with E-state index in [0.29, 0.717) is 45.3 Å². The molecule has 1 aromatic rings. The van der Waals surface area contributed by atoms with E-state index < -0.39 is 18.3 Å². The molecule has 0 saturated carbocycles. The summed E-state index contributed by atoms with van der Waals surface area (Å²) >= 11 is 0. The summed E-state index contributed by atoms with van der Waals surface area (Å²) in [6.45, 7) is 9.20. The molecule has 0 bridgehead atoms. The molecule has 1 amide bonds. The summed E-state index contributed by atoms with van der Waals surface area (Å²) in [6.07, 6.45) is 3.51. The number of aliphatic hydroxyl groups excluding tert-OH is 2. The summed E-state index contributed by atoms with van der Waals surface area (Å²) in [5, 5.41) is 28.1. The molecule has 0 aliphatic carbocycles. The van der Waals surface area contributed by atoms with Gasteiger partial charge in [-0.05, 0) is 18.4 Å². The molecule has 0 radical (unpaired) electrons. The van der Waals surface area contributed by atoms with Crippen LogP contribution in [0.5, 0.6) is 0 Å². The summed E-state index contributed by atoms with van der Waals surface area (Å²) in [6, 6.07) is 1.93. The second-order valence-corrected chi connectivity index (χ2v) is 8.44. The molecule has 0 aromatic carbocycles. The van der Waals surface area contributed by atoms with E-state index in [-0.39, 0.29) is 19.1 Å². The predicted molar refractivity (Wildman–Crippen MR) is 117 cm³/mol. The fourth-order valence-corrected chi connectivity index (χ4v) is 3.31. The van der Waals surface area contributed by atoms with Crippen molar-refractivity contribution in [3.05, 3.63) is 30.1 Å². The molecule has 0 saturated heterocycles. The number of aliphatic hydroxyl groups is 2. The maximum atomic E-state index is 12.3. The van der Waals surface area contributed by atoms with Gasteiger partial charge in [0, 0.05) is 58.1 Å². The first-order valence-corrected chi connectivity index (χ1v) is 11.0. The van der Waals surface area contributed by atoms with E-state index in [1.807, 2.05) is 18.2 Å². The quantitative estimate of drug-likeness (QED) is 0.564. The van der Waals surface area contributed by atoms with Gasteiger partial charge < -0.3 is 24.6 Å². The fraction of sp³-hybridized carbons (Fsp3) is 0.727. The van der Waals surface area contributed by atoms with Crippen molar-refractivity contribution in [2.45, 2.75) is 52.0 Å². The summed E-state index contributed by atoms with van der Waals surface area (Å²) in [5.41, 5.74) is 0.994. The molecule has 31 heavy (non-hydrogen) atoms. The number of ether oxygens (including phenoxy) is 2. The van der Waals surface area contributed by atoms with Gasteiger partial charge in [-0.25, -0.2) is 0 Å². The Kier molecular flexibility index (Phi) is 11.2. The Morgan fingerprint density at radius 3 is 2.84 bits per heavy atom. The number of carbonyl (C=O) groups is 1. The zero-order chi connectivity index (χ0) is 22.6. The van der Waals surface area contributed by atoms with Gasteiger partial charge in [0.2, 0.25) is 5.91 Å². The monoisotopic (exact) mass is 438 g/mol. The van der Waals surface area contributed by atoms with E-state index in [0.717, 1.165) is 12.1 Å². The lowest BCUT2D eigenvalue weighted by Gasteiger charge is -2.33. The molecular formula is C22H38N4O5. The number of hydrogen-bond acceptors (Lipinski definition) is 7.